The van der Waals surface area contributed by atoms with E-state index in [1.165, 1.54) is 6.33 Å². The minimum absolute atomic E-state index is 0.128. The number of hydrogen-bond acceptors (Lipinski definition) is 3. The Morgan fingerprint density at radius 3 is 3.00 bits per heavy atom. The Morgan fingerprint density at radius 1 is 1.45 bits per heavy atom. The maximum atomic E-state index is 9.06. The zero-order valence-corrected chi connectivity index (χ0v) is 6.00. The lowest BCUT2D eigenvalue weighted by molar-refractivity contribution is 0.458. The lowest BCUT2D eigenvalue weighted by atomic mass is 10.4. The molecule has 0 fully saturated rings. The summed E-state index contributed by atoms with van der Waals surface area (Å²) in [6, 6.07) is 1.57. The van der Waals surface area contributed by atoms with Crippen molar-refractivity contribution in [2.45, 2.75) is 6.92 Å². The molecule has 0 atom stereocenters. The molecule has 4 nitrogen and oxygen atoms in total. The molecule has 0 bridgehead atoms. The summed E-state index contributed by atoms with van der Waals surface area (Å²) in [5, 5.41) is 9.06. The zero-order valence-electron chi connectivity index (χ0n) is 6.00. The van der Waals surface area contributed by atoms with Gasteiger partial charge in [0.05, 0.1) is 16.7 Å². The SMILES string of the molecule is Cc1ncnc2cc(O)[nH]c12. The van der Waals surface area contributed by atoms with Gasteiger partial charge in [-0.2, -0.15) is 0 Å². The van der Waals surface area contributed by atoms with Crippen LogP contribution < -0.4 is 0 Å². The van der Waals surface area contributed by atoms with E-state index in [2.05, 4.69) is 15.0 Å². The maximum absolute atomic E-state index is 9.06. The predicted molar refractivity (Wildman–Crippen MR) is 40.3 cm³/mol. The minimum Gasteiger partial charge on any atom is -0.495 e. The summed E-state index contributed by atoms with van der Waals surface area (Å²) in [7, 11) is 0. The number of aromatic amines is 1. The van der Waals surface area contributed by atoms with Crippen molar-refractivity contribution in [1.29, 1.82) is 0 Å². The second-order valence-corrected chi connectivity index (χ2v) is 2.37. The van der Waals surface area contributed by atoms with Crippen LogP contribution >= 0.6 is 0 Å². The molecule has 2 N–H and O–H groups in total. The molecule has 56 valence electrons. The van der Waals surface area contributed by atoms with E-state index in [0.29, 0.717) is 0 Å². The first kappa shape index (κ1) is 6.15. The van der Waals surface area contributed by atoms with Crippen LogP contribution in [0.4, 0.5) is 0 Å². The molecule has 0 radical (unpaired) electrons. The van der Waals surface area contributed by atoms with Crippen molar-refractivity contribution in [3.8, 4) is 5.88 Å². The second-order valence-electron chi connectivity index (χ2n) is 2.37. The zero-order chi connectivity index (χ0) is 7.84. The number of aromatic nitrogens is 3. The number of H-pyrrole nitrogens is 1. The fraction of sp³-hybridized carbons (Fsp3) is 0.143. The third-order valence-corrected chi connectivity index (χ3v) is 1.59. The van der Waals surface area contributed by atoms with Crippen molar-refractivity contribution < 1.29 is 5.11 Å². The third kappa shape index (κ3) is 0.832. The Morgan fingerprint density at radius 2 is 2.27 bits per heavy atom. The van der Waals surface area contributed by atoms with Gasteiger partial charge in [0, 0.05) is 6.07 Å². The normalized spacial score (nSPS) is 10.6. The maximum Gasteiger partial charge on any atom is 0.190 e. The average molecular weight is 149 g/mol. The van der Waals surface area contributed by atoms with E-state index in [1.807, 2.05) is 6.92 Å². The van der Waals surface area contributed by atoms with E-state index in [1.54, 1.807) is 6.07 Å². The van der Waals surface area contributed by atoms with Crippen LogP contribution in [0.1, 0.15) is 5.69 Å². The van der Waals surface area contributed by atoms with Crippen molar-refractivity contribution in [3.05, 3.63) is 18.1 Å². The summed E-state index contributed by atoms with van der Waals surface area (Å²) in [5.41, 5.74) is 2.38. The summed E-state index contributed by atoms with van der Waals surface area (Å²) in [5.74, 6) is 0.128. The Bertz CT molecular complexity index is 393. The first-order chi connectivity index (χ1) is 5.27. The summed E-state index contributed by atoms with van der Waals surface area (Å²) < 4.78 is 0. The van der Waals surface area contributed by atoms with Crippen LogP contribution in [-0.2, 0) is 0 Å². The topological polar surface area (TPSA) is 61.8 Å². The number of nitrogens with zero attached hydrogens (tertiary/aromatic N) is 2. The molecule has 2 rings (SSSR count). The van der Waals surface area contributed by atoms with Crippen LogP contribution in [-0.4, -0.2) is 20.1 Å². The van der Waals surface area contributed by atoms with Crippen molar-refractivity contribution in [2.75, 3.05) is 0 Å². The Hall–Kier alpha value is -1.58. The summed E-state index contributed by atoms with van der Waals surface area (Å²) in [4.78, 5) is 10.7. The van der Waals surface area contributed by atoms with Gasteiger partial charge >= 0.3 is 0 Å². The van der Waals surface area contributed by atoms with Crippen molar-refractivity contribution in [3.63, 3.8) is 0 Å². The largest absolute Gasteiger partial charge is 0.495 e. The van der Waals surface area contributed by atoms with Crippen LogP contribution in [0.25, 0.3) is 11.0 Å². The fourth-order valence-electron chi connectivity index (χ4n) is 1.05. The van der Waals surface area contributed by atoms with E-state index < -0.39 is 0 Å². The Kier molecular flexibility index (Phi) is 1.09. The predicted octanol–water partition coefficient (Wildman–Crippen LogP) is 0.972. The van der Waals surface area contributed by atoms with Crippen LogP contribution in [0, 0.1) is 6.92 Å². The lowest BCUT2D eigenvalue weighted by Crippen LogP contribution is -1.83. The van der Waals surface area contributed by atoms with Crippen molar-refractivity contribution in [2.24, 2.45) is 0 Å². The molecule has 11 heavy (non-hydrogen) atoms. The Labute approximate surface area is 62.9 Å². The van der Waals surface area contributed by atoms with Gasteiger partial charge in [0.15, 0.2) is 5.88 Å². The highest BCUT2D eigenvalue weighted by molar-refractivity contribution is 5.78. The molecule has 0 aromatic carbocycles. The lowest BCUT2D eigenvalue weighted by Gasteiger charge is -1.90. The summed E-state index contributed by atoms with van der Waals surface area (Å²) in [6.45, 7) is 1.86. The molecule has 0 amide bonds. The number of hydrogen-bond donors (Lipinski definition) is 2. The van der Waals surface area contributed by atoms with Gasteiger partial charge < -0.3 is 10.1 Å². The van der Waals surface area contributed by atoms with Gasteiger partial charge in [-0.05, 0) is 6.92 Å². The van der Waals surface area contributed by atoms with Gasteiger partial charge in [0.25, 0.3) is 0 Å². The van der Waals surface area contributed by atoms with Crippen LogP contribution in [0.5, 0.6) is 5.88 Å². The highest BCUT2D eigenvalue weighted by Crippen LogP contribution is 2.17. The molecule has 2 aromatic heterocycles. The first-order valence-electron chi connectivity index (χ1n) is 3.26. The summed E-state index contributed by atoms with van der Waals surface area (Å²) >= 11 is 0. The molecule has 2 heterocycles. The van der Waals surface area contributed by atoms with Gasteiger partial charge in [0.2, 0.25) is 0 Å². The molecule has 4 heteroatoms. The number of rotatable bonds is 0. The molecular formula is C7H7N3O. The highest BCUT2D eigenvalue weighted by Gasteiger charge is 2.01. The van der Waals surface area contributed by atoms with Gasteiger partial charge in [-0.3, -0.25) is 0 Å². The molecule has 2 aromatic rings. The van der Waals surface area contributed by atoms with Crippen molar-refractivity contribution in [1.82, 2.24) is 15.0 Å². The molecule has 0 aliphatic carbocycles. The standard InChI is InChI=1S/C7H7N3O/c1-4-7-5(9-3-8-4)2-6(11)10-7/h2-3,10-11H,1H3. The number of aromatic hydroxyl groups is 1. The molecule has 0 unspecified atom stereocenters. The van der Waals surface area contributed by atoms with Crippen LogP contribution in [0.15, 0.2) is 12.4 Å². The molecule has 0 saturated carbocycles. The third-order valence-electron chi connectivity index (χ3n) is 1.59. The number of nitrogens with one attached hydrogen (secondary N) is 1. The van der Waals surface area contributed by atoms with E-state index in [9.17, 15) is 0 Å². The van der Waals surface area contributed by atoms with E-state index >= 15 is 0 Å². The van der Waals surface area contributed by atoms with Gasteiger partial charge in [-0.25, -0.2) is 9.97 Å². The molecular weight excluding hydrogens is 142 g/mol. The number of aryl methyl sites for hydroxylation is 1. The summed E-state index contributed by atoms with van der Waals surface area (Å²) in [6.07, 6.45) is 1.48. The monoisotopic (exact) mass is 149 g/mol. The second kappa shape index (κ2) is 1.95. The van der Waals surface area contributed by atoms with E-state index in [-0.39, 0.29) is 5.88 Å². The Balaban J connectivity index is 2.90. The molecule has 0 aliphatic rings. The van der Waals surface area contributed by atoms with E-state index in [0.717, 1.165) is 16.7 Å². The molecule has 0 spiro atoms. The minimum atomic E-state index is 0.128. The van der Waals surface area contributed by atoms with Gasteiger partial charge in [-0.1, -0.05) is 0 Å². The van der Waals surface area contributed by atoms with Gasteiger partial charge in [0.1, 0.15) is 6.33 Å². The van der Waals surface area contributed by atoms with Crippen LogP contribution in [0.2, 0.25) is 0 Å². The van der Waals surface area contributed by atoms with Crippen molar-refractivity contribution >= 4 is 11.0 Å². The molecule has 0 aliphatic heterocycles. The van der Waals surface area contributed by atoms with E-state index in [4.69, 9.17) is 5.11 Å². The quantitative estimate of drug-likeness (QED) is 0.586. The highest BCUT2D eigenvalue weighted by atomic mass is 16.3. The molecule has 0 saturated heterocycles. The van der Waals surface area contributed by atoms with Crippen LogP contribution in [0.3, 0.4) is 0 Å². The average Bonchev–Trinajstić information content (AvgIpc) is 2.31. The fourth-order valence-corrected chi connectivity index (χ4v) is 1.05. The number of fused-ring (bicyclic) bond motifs is 1. The first-order valence-corrected chi connectivity index (χ1v) is 3.26. The smallest absolute Gasteiger partial charge is 0.190 e. The van der Waals surface area contributed by atoms with Gasteiger partial charge in [-0.15, -0.1) is 0 Å².